The van der Waals surface area contributed by atoms with Crippen LogP contribution in [-0.2, 0) is 12.8 Å². The van der Waals surface area contributed by atoms with Crippen molar-refractivity contribution in [1.82, 2.24) is 25.3 Å². The predicted octanol–water partition coefficient (Wildman–Crippen LogP) is 1.29. The van der Waals surface area contributed by atoms with E-state index < -0.39 is 11.7 Å². The van der Waals surface area contributed by atoms with Crippen LogP contribution in [0.4, 0.5) is 10.3 Å². The fourth-order valence-corrected chi connectivity index (χ4v) is 2.77. The topological polar surface area (TPSA) is 130 Å². The van der Waals surface area contributed by atoms with Gasteiger partial charge in [-0.1, -0.05) is 0 Å². The van der Waals surface area contributed by atoms with Crippen molar-refractivity contribution < 1.29 is 9.18 Å². The summed E-state index contributed by atoms with van der Waals surface area (Å²) in [6.45, 7) is 0. The van der Waals surface area contributed by atoms with Gasteiger partial charge in [0.2, 0.25) is 5.95 Å². The zero-order valence-electron chi connectivity index (χ0n) is 14.2. The van der Waals surface area contributed by atoms with E-state index in [1.54, 1.807) is 6.07 Å². The van der Waals surface area contributed by atoms with Crippen LogP contribution in [0.1, 0.15) is 34.6 Å². The summed E-state index contributed by atoms with van der Waals surface area (Å²) in [5.74, 6) is -1.09. The fraction of sp³-hybridized carbons (Fsp3) is 0.294. The number of nitrogen functional groups attached to an aromatic ring is 1. The average Bonchev–Trinajstić information content (AvgIpc) is 3.01. The Morgan fingerprint density at radius 3 is 2.77 bits per heavy atom. The molecule has 0 fully saturated rings. The quantitative estimate of drug-likeness (QED) is 0.493. The minimum Gasteiger partial charge on any atom is -0.369 e. The van der Waals surface area contributed by atoms with Gasteiger partial charge in [0.15, 0.2) is 11.5 Å². The van der Waals surface area contributed by atoms with E-state index in [1.807, 2.05) is 0 Å². The van der Waals surface area contributed by atoms with E-state index in [0.29, 0.717) is 17.5 Å². The van der Waals surface area contributed by atoms with Crippen LogP contribution in [0.2, 0.25) is 0 Å². The fourth-order valence-electron chi connectivity index (χ4n) is 2.77. The van der Waals surface area contributed by atoms with Crippen molar-refractivity contribution in [2.24, 2.45) is 0 Å². The molecule has 0 aromatic carbocycles. The Hall–Kier alpha value is -3.23. The van der Waals surface area contributed by atoms with Crippen molar-refractivity contribution >= 4 is 22.9 Å². The minimum absolute atomic E-state index is 0.0747. The van der Waals surface area contributed by atoms with E-state index in [9.17, 15) is 14.0 Å². The molecule has 0 atom stereocenters. The van der Waals surface area contributed by atoms with Gasteiger partial charge in [0.05, 0.1) is 5.39 Å². The van der Waals surface area contributed by atoms with E-state index in [-0.39, 0.29) is 17.2 Å². The summed E-state index contributed by atoms with van der Waals surface area (Å²) in [7, 11) is 1.43. The number of carbonyl (C=O) groups excluding carboxylic acids is 1. The number of aromatic nitrogens is 4. The Balaban J connectivity index is 1.57. The van der Waals surface area contributed by atoms with Crippen molar-refractivity contribution in [3.63, 3.8) is 0 Å². The standard InChI is InChI=1S/C17H19FN6O2/c1-20-16(26)13-12(18)6-9(8-21-13)4-2-3-5-10-7-11-14(22-10)23-17(19)24-15(11)25/h6-8H,2-5H2,1H3,(H,20,26)(H4,19,22,23,24,25). The summed E-state index contributed by atoms with van der Waals surface area (Å²) >= 11 is 0. The molecule has 3 rings (SSSR count). The van der Waals surface area contributed by atoms with Gasteiger partial charge >= 0.3 is 0 Å². The molecule has 26 heavy (non-hydrogen) atoms. The molecule has 0 saturated carbocycles. The first kappa shape index (κ1) is 17.6. The lowest BCUT2D eigenvalue weighted by atomic mass is 10.1. The first-order valence-corrected chi connectivity index (χ1v) is 8.22. The van der Waals surface area contributed by atoms with Crippen molar-refractivity contribution in [2.45, 2.75) is 25.7 Å². The number of amides is 1. The van der Waals surface area contributed by atoms with Gasteiger partial charge in [0, 0.05) is 18.9 Å². The van der Waals surface area contributed by atoms with Crippen LogP contribution < -0.4 is 16.6 Å². The summed E-state index contributed by atoms with van der Waals surface area (Å²) in [4.78, 5) is 36.7. The van der Waals surface area contributed by atoms with Gasteiger partial charge in [-0.05, 0) is 43.4 Å². The molecular formula is C17H19FN6O2. The Morgan fingerprint density at radius 2 is 2.04 bits per heavy atom. The number of aryl methyl sites for hydroxylation is 2. The van der Waals surface area contributed by atoms with Crippen LogP contribution >= 0.6 is 0 Å². The summed E-state index contributed by atoms with van der Waals surface area (Å²) in [6.07, 6.45) is 4.52. The largest absolute Gasteiger partial charge is 0.369 e. The number of aromatic amines is 2. The summed E-state index contributed by atoms with van der Waals surface area (Å²) in [6, 6.07) is 3.10. The van der Waals surface area contributed by atoms with Crippen LogP contribution in [0.5, 0.6) is 0 Å². The highest BCUT2D eigenvalue weighted by Gasteiger charge is 2.12. The Labute approximate surface area is 148 Å². The molecule has 0 unspecified atom stereocenters. The molecule has 0 saturated heterocycles. The first-order chi connectivity index (χ1) is 12.5. The number of nitrogens with zero attached hydrogens (tertiary/aromatic N) is 2. The number of nitrogens with one attached hydrogen (secondary N) is 3. The molecule has 5 N–H and O–H groups in total. The Bertz CT molecular complexity index is 1010. The lowest BCUT2D eigenvalue weighted by molar-refractivity contribution is 0.0953. The highest BCUT2D eigenvalue weighted by Crippen LogP contribution is 2.14. The van der Waals surface area contributed by atoms with Crippen LogP contribution in [0.15, 0.2) is 23.1 Å². The Morgan fingerprint density at radius 1 is 1.27 bits per heavy atom. The third-order valence-corrected chi connectivity index (χ3v) is 4.07. The lowest BCUT2D eigenvalue weighted by Gasteiger charge is -2.04. The van der Waals surface area contributed by atoms with Gasteiger partial charge in [-0.25, -0.2) is 9.37 Å². The predicted molar refractivity (Wildman–Crippen MR) is 95.4 cm³/mol. The summed E-state index contributed by atoms with van der Waals surface area (Å²) < 4.78 is 13.9. The normalized spacial score (nSPS) is 11.0. The monoisotopic (exact) mass is 358 g/mol. The SMILES string of the molecule is CNC(=O)c1ncc(CCCCc2cc3c(=O)[nH]c(N)nc3[nH]2)cc1F. The number of carbonyl (C=O) groups is 1. The number of pyridine rings is 1. The van der Waals surface area contributed by atoms with E-state index >= 15 is 0 Å². The number of hydrogen-bond donors (Lipinski definition) is 4. The molecule has 3 aromatic rings. The number of fused-ring (bicyclic) bond motifs is 1. The highest BCUT2D eigenvalue weighted by atomic mass is 19.1. The highest BCUT2D eigenvalue weighted by molar-refractivity contribution is 5.92. The van der Waals surface area contributed by atoms with Crippen molar-refractivity contribution in [3.05, 3.63) is 51.5 Å². The van der Waals surface area contributed by atoms with Crippen LogP contribution in [0.25, 0.3) is 11.0 Å². The first-order valence-electron chi connectivity index (χ1n) is 8.22. The van der Waals surface area contributed by atoms with Crippen LogP contribution in [-0.4, -0.2) is 32.9 Å². The maximum atomic E-state index is 13.9. The molecule has 0 spiro atoms. The molecular weight excluding hydrogens is 339 g/mol. The van der Waals surface area contributed by atoms with E-state index in [0.717, 1.165) is 30.5 Å². The van der Waals surface area contributed by atoms with Gasteiger partial charge < -0.3 is 16.0 Å². The van der Waals surface area contributed by atoms with Gasteiger partial charge in [-0.15, -0.1) is 0 Å². The molecule has 0 aliphatic heterocycles. The second kappa shape index (κ2) is 7.34. The summed E-state index contributed by atoms with van der Waals surface area (Å²) in [5.41, 5.74) is 7.14. The zero-order valence-corrected chi connectivity index (χ0v) is 14.2. The molecule has 1 amide bonds. The molecule has 0 aliphatic carbocycles. The number of anilines is 1. The van der Waals surface area contributed by atoms with Crippen molar-refractivity contribution in [3.8, 4) is 0 Å². The second-order valence-corrected chi connectivity index (χ2v) is 5.97. The molecule has 0 aliphatic rings. The maximum absolute atomic E-state index is 13.9. The molecule has 0 bridgehead atoms. The van der Waals surface area contributed by atoms with Gasteiger partial charge in [0.25, 0.3) is 11.5 Å². The minimum atomic E-state index is -0.625. The van der Waals surface area contributed by atoms with Crippen molar-refractivity contribution in [1.29, 1.82) is 0 Å². The Kier molecular flexibility index (Phi) is 4.97. The summed E-state index contributed by atoms with van der Waals surface area (Å²) in [5, 5.41) is 2.83. The lowest BCUT2D eigenvalue weighted by Crippen LogP contribution is -2.20. The van der Waals surface area contributed by atoms with Crippen LogP contribution in [0, 0.1) is 5.82 Å². The van der Waals surface area contributed by atoms with Gasteiger partial charge in [-0.2, -0.15) is 4.98 Å². The number of halogens is 1. The number of nitrogens with two attached hydrogens (primary N) is 1. The molecule has 0 radical (unpaired) electrons. The third kappa shape index (κ3) is 3.71. The maximum Gasteiger partial charge on any atom is 0.272 e. The average molecular weight is 358 g/mol. The molecule has 136 valence electrons. The van der Waals surface area contributed by atoms with E-state index in [2.05, 4.69) is 25.3 Å². The number of rotatable bonds is 6. The molecule has 3 aromatic heterocycles. The molecule has 8 nitrogen and oxygen atoms in total. The smallest absolute Gasteiger partial charge is 0.272 e. The molecule has 9 heteroatoms. The third-order valence-electron chi connectivity index (χ3n) is 4.07. The van der Waals surface area contributed by atoms with Crippen molar-refractivity contribution in [2.75, 3.05) is 12.8 Å². The van der Waals surface area contributed by atoms with Crippen LogP contribution in [0.3, 0.4) is 0 Å². The van der Waals surface area contributed by atoms with E-state index in [1.165, 1.54) is 19.3 Å². The number of unbranched alkanes of at least 4 members (excludes halogenated alkanes) is 1. The van der Waals surface area contributed by atoms with Gasteiger partial charge in [0.1, 0.15) is 5.65 Å². The van der Waals surface area contributed by atoms with E-state index in [4.69, 9.17) is 5.73 Å². The number of H-pyrrole nitrogens is 2. The van der Waals surface area contributed by atoms with Gasteiger partial charge in [-0.3, -0.25) is 14.6 Å². The molecule has 3 heterocycles. The second-order valence-electron chi connectivity index (χ2n) is 5.97. The number of hydrogen-bond acceptors (Lipinski definition) is 5. The zero-order chi connectivity index (χ0) is 18.7.